The van der Waals surface area contributed by atoms with E-state index in [1.54, 1.807) is 32.6 Å². The minimum atomic E-state index is -3.67. The largest absolute Gasteiger partial charge is 0.338 e. The summed E-state index contributed by atoms with van der Waals surface area (Å²) in [5.41, 5.74) is 0.784. The molecular formula is C16H29N5O5S2. The molecule has 1 aromatic rings. The molecule has 0 spiro atoms. The van der Waals surface area contributed by atoms with Gasteiger partial charge in [-0.2, -0.15) is 13.7 Å². The number of sulfonamides is 2. The number of amides is 1. The van der Waals surface area contributed by atoms with E-state index in [-0.39, 0.29) is 30.4 Å². The van der Waals surface area contributed by atoms with E-state index in [1.807, 2.05) is 0 Å². The van der Waals surface area contributed by atoms with E-state index in [0.29, 0.717) is 37.6 Å². The van der Waals surface area contributed by atoms with Crippen LogP contribution in [0.4, 0.5) is 0 Å². The Morgan fingerprint density at radius 3 is 2.04 bits per heavy atom. The molecule has 0 atom stereocenters. The second-order valence-corrected chi connectivity index (χ2v) is 10.6. The zero-order chi connectivity index (χ0) is 21.3. The summed E-state index contributed by atoms with van der Waals surface area (Å²) in [6, 6.07) is 0. The van der Waals surface area contributed by atoms with Gasteiger partial charge in [0, 0.05) is 39.3 Å². The normalized spacial score (nSPS) is 16.7. The monoisotopic (exact) mass is 435 g/mol. The molecule has 1 amide bonds. The molecule has 1 aliphatic rings. The highest BCUT2D eigenvalue weighted by atomic mass is 32.2. The lowest BCUT2D eigenvalue weighted by Crippen LogP contribution is -2.51. The Bertz CT molecular complexity index is 927. The van der Waals surface area contributed by atoms with Gasteiger partial charge in [0.05, 0.1) is 17.6 Å². The molecule has 160 valence electrons. The van der Waals surface area contributed by atoms with Crippen molar-refractivity contribution in [1.82, 2.24) is 23.3 Å². The lowest BCUT2D eigenvalue weighted by molar-refractivity contribution is -0.133. The first-order valence-electron chi connectivity index (χ1n) is 9.20. The third kappa shape index (κ3) is 4.56. The Morgan fingerprint density at radius 1 is 1.04 bits per heavy atom. The highest BCUT2D eigenvalue weighted by Crippen LogP contribution is 2.23. The third-order valence-electron chi connectivity index (χ3n) is 4.96. The van der Waals surface area contributed by atoms with Crippen LogP contribution in [0, 0.1) is 13.8 Å². The molecule has 1 fully saturated rings. The van der Waals surface area contributed by atoms with Crippen LogP contribution in [0.1, 0.15) is 25.2 Å². The van der Waals surface area contributed by atoms with Crippen molar-refractivity contribution in [2.45, 2.75) is 39.1 Å². The summed E-state index contributed by atoms with van der Waals surface area (Å²) in [7, 11) is -6.94. The molecule has 2 heterocycles. The van der Waals surface area contributed by atoms with Gasteiger partial charge in [-0.15, -0.1) is 0 Å². The van der Waals surface area contributed by atoms with Crippen molar-refractivity contribution in [3.05, 3.63) is 11.4 Å². The Balaban J connectivity index is 2.17. The van der Waals surface area contributed by atoms with Crippen LogP contribution < -0.4 is 0 Å². The summed E-state index contributed by atoms with van der Waals surface area (Å²) in [5.74, 6) is -0.217. The van der Waals surface area contributed by atoms with Gasteiger partial charge < -0.3 is 4.90 Å². The molecule has 0 bridgehead atoms. The van der Waals surface area contributed by atoms with Crippen LogP contribution in [0.5, 0.6) is 0 Å². The average Bonchev–Trinajstić information content (AvgIpc) is 2.89. The molecule has 28 heavy (non-hydrogen) atoms. The van der Waals surface area contributed by atoms with Gasteiger partial charge in [-0.05, 0) is 13.8 Å². The maximum absolute atomic E-state index is 12.9. The van der Waals surface area contributed by atoms with E-state index >= 15 is 0 Å². The molecule has 0 aliphatic carbocycles. The van der Waals surface area contributed by atoms with Gasteiger partial charge in [0.2, 0.25) is 26.0 Å². The van der Waals surface area contributed by atoms with Crippen molar-refractivity contribution in [1.29, 1.82) is 0 Å². The van der Waals surface area contributed by atoms with Crippen LogP contribution in [-0.2, 0) is 31.4 Å². The second kappa shape index (κ2) is 8.47. The topological polar surface area (TPSA) is 113 Å². The highest BCUT2D eigenvalue weighted by molar-refractivity contribution is 7.89. The van der Waals surface area contributed by atoms with Crippen LogP contribution in [0.15, 0.2) is 4.90 Å². The number of aromatic nitrogens is 2. The van der Waals surface area contributed by atoms with Crippen molar-refractivity contribution in [2.24, 2.45) is 0 Å². The van der Waals surface area contributed by atoms with Crippen LogP contribution in [0.25, 0.3) is 0 Å². The predicted molar refractivity (Wildman–Crippen MR) is 105 cm³/mol. The van der Waals surface area contributed by atoms with E-state index in [0.717, 1.165) is 6.26 Å². The summed E-state index contributed by atoms with van der Waals surface area (Å²) in [6.45, 7) is 8.54. The van der Waals surface area contributed by atoms with Crippen LogP contribution in [0.3, 0.4) is 0 Å². The van der Waals surface area contributed by atoms with Crippen LogP contribution >= 0.6 is 0 Å². The fourth-order valence-corrected chi connectivity index (χ4v) is 6.06. The second-order valence-electron chi connectivity index (χ2n) is 6.79. The van der Waals surface area contributed by atoms with Crippen molar-refractivity contribution in [2.75, 3.05) is 45.5 Å². The molecule has 0 N–H and O–H groups in total. The van der Waals surface area contributed by atoms with Gasteiger partial charge in [-0.3, -0.25) is 9.48 Å². The maximum atomic E-state index is 12.9. The molecule has 1 aliphatic heterocycles. The number of hydrogen-bond acceptors (Lipinski definition) is 6. The Labute approximate surface area is 167 Å². The van der Waals surface area contributed by atoms with Gasteiger partial charge >= 0.3 is 0 Å². The van der Waals surface area contributed by atoms with Crippen LogP contribution in [0.2, 0.25) is 0 Å². The average molecular weight is 436 g/mol. The maximum Gasteiger partial charge on any atom is 0.246 e. The summed E-state index contributed by atoms with van der Waals surface area (Å²) in [5, 5.41) is 4.27. The molecule has 0 aromatic carbocycles. The van der Waals surface area contributed by atoms with E-state index in [4.69, 9.17) is 0 Å². The van der Waals surface area contributed by atoms with Gasteiger partial charge in [-0.25, -0.2) is 16.8 Å². The molecule has 0 radical (unpaired) electrons. The fraction of sp³-hybridized carbons (Fsp3) is 0.750. The first kappa shape index (κ1) is 22.8. The van der Waals surface area contributed by atoms with Gasteiger partial charge in [0.25, 0.3) is 0 Å². The minimum Gasteiger partial charge on any atom is -0.338 e. The molecule has 0 saturated carbocycles. The number of rotatable bonds is 7. The fourth-order valence-electron chi connectivity index (χ4n) is 3.40. The van der Waals surface area contributed by atoms with Crippen LogP contribution in [-0.4, -0.2) is 91.6 Å². The predicted octanol–water partition coefficient (Wildman–Crippen LogP) is -0.366. The number of aryl methyl sites for hydroxylation is 1. The van der Waals surface area contributed by atoms with E-state index in [1.165, 1.54) is 13.3 Å². The lowest BCUT2D eigenvalue weighted by atomic mass is 10.3. The Morgan fingerprint density at radius 2 is 1.57 bits per heavy atom. The molecule has 0 unspecified atom stereocenters. The van der Waals surface area contributed by atoms with Crippen molar-refractivity contribution in [3.63, 3.8) is 0 Å². The molecule has 2 rings (SSSR count). The quantitative estimate of drug-likeness (QED) is 0.578. The number of nitrogens with zero attached hydrogens (tertiary/aromatic N) is 5. The van der Waals surface area contributed by atoms with E-state index in [2.05, 4.69) is 5.10 Å². The molecule has 1 aromatic heterocycles. The van der Waals surface area contributed by atoms with Gasteiger partial charge in [0.15, 0.2) is 0 Å². The lowest BCUT2D eigenvalue weighted by Gasteiger charge is -2.33. The zero-order valence-corrected chi connectivity index (χ0v) is 18.7. The number of piperazine rings is 1. The zero-order valence-electron chi connectivity index (χ0n) is 17.0. The standard InChI is InChI=1S/C16H29N5O5S2/c1-6-19(7-2)28(25,26)16-13(3)17-21(14(16)4)12-15(22)18-8-10-20(11-9-18)27(5,23)24/h6-12H2,1-5H3. The molecule has 1 saturated heterocycles. The SMILES string of the molecule is CCN(CC)S(=O)(=O)c1c(C)nn(CC(=O)N2CCN(S(C)(=O)=O)CC2)c1C. The molecule has 12 heteroatoms. The van der Waals surface area contributed by atoms with E-state index in [9.17, 15) is 21.6 Å². The smallest absolute Gasteiger partial charge is 0.246 e. The summed E-state index contributed by atoms with van der Waals surface area (Å²) >= 11 is 0. The van der Waals surface area contributed by atoms with Crippen molar-refractivity contribution in [3.8, 4) is 0 Å². The number of carbonyl (C=O) groups is 1. The highest BCUT2D eigenvalue weighted by Gasteiger charge is 2.31. The molecular weight excluding hydrogens is 406 g/mol. The number of carbonyl (C=O) groups excluding carboxylic acids is 1. The first-order valence-corrected chi connectivity index (χ1v) is 12.5. The summed E-state index contributed by atoms with van der Waals surface area (Å²) in [6.07, 6.45) is 1.15. The summed E-state index contributed by atoms with van der Waals surface area (Å²) in [4.78, 5) is 14.4. The van der Waals surface area contributed by atoms with E-state index < -0.39 is 20.0 Å². The Hall–Kier alpha value is -1.50. The van der Waals surface area contributed by atoms with Gasteiger partial charge in [0.1, 0.15) is 11.4 Å². The van der Waals surface area contributed by atoms with Gasteiger partial charge in [-0.1, -0.05) is 13.8 Å². The first-order chi connectivity index (χ1) is 12.9. The Kier molecular flexibility index (Phi) is 6.90. The number of hydrogen-bond donors (Lipinski definition) is 0. The summed E-state index contributed by atoms with van der Waals surface area (Å²) < 4.78 is 53.1. The minimum absolute atomic E-state index is 0.0840. The van der Waals surface area contributed by atoms with Crippen molar-refractivity contribution >= 4 is 26.0 Å². The third-order valence-corrected chi connectivity index (χ3v) is 8.57. The molecule has 10 nitrogen and oxygen atoms in total. The van der Waals surface area contributed by atoms with Crippen molar-refractivity contribution < 1.29 is 21.6 Å².